The van der Waals surface area contributed by atoms with Crippen LogP contribution in [0.5, 0.6) is 0 Å². The highest BCUT2D eigenvalue weighted by molar-refractivity contribution is 6.97. The van der Waals surface area contributed by atoms with Crippen LogP contribution in [0.3, 0.4) is 0 Å². The average Bonchev–Trinajstić information content (AvgIpc) is 2.72. The van der Waals surface area contributed by atoms with Crippen LogP contribution in [-0.2, 0) is 11.0 Å². The number of carbonyl (C=O) groups excluding carboxylic acids is 1. The highest BCUT2D eigenvalue weighted by atomic mass is 28.4. The number of benzene rings is 3. The Hall–Kier alpha value is -2.69. The van der Waals surface area contributed by atoms with Gasteiger partial charge in [0.15, 0.2) is 0 Å². The summed E-state index contributed by atoms with van der Waals surface area (Å²) in [6.45, 7) is 4.82. The SMILES string of the molecule is CC(C)C[Si](OCc1ccccc1C(N)=O)(c1ccccc1)c1ccccc1. The number of primary amides is 1. The molecule has 0 spiro atoms. The molecule has 0 aliphatic heterocycles. The number of amides is 1. The van der Waals surface area contributed by atoms with Gasteiger partial charge in [0.2, 0.25) is 5.91 Å². The van der Waals surface area contributed by atoms with E-state index in [9.17, 15) is 4.79 Å². The maximum Gasteiger partial charge on any atom is 0.256 e. The predicted molar refractivity (Wildman–Crippen MR) is 117 cm³/mol. The molecule has 3 nitrogen and oxygen atoms in total. The van der Waals surface area contributed by atoms with E-state index in [4.69, 9.17) is 10.2 Å². The average molecular weight is 390 g/mol. The highest BCUT2D eigenvalue weighted by Crippen LogP contribution is 2.22. The van der Waals surface area contributed by atoms with Gasteiger partial charge in [-0.15, -0.1) is 0 Å². The first-order valence-electron chi connectivity index (χ1n) is 9.65. The number of rotatable bonds is 8. The van der Waals surface area contributed by atoms with Crippen LogP contribution >= 0.6 is 0 Å². The second kappa shape index (κ2) is 9.00. The molecule has 144 valence electrons. The lowest BCUT2D eigenvalue weighted by Crippen LogP contribution is -2.61. The summed E-state index contributed by atoms with van der Waals surface area (Å²) in [4.78, 5) is 11.8. The Morgan fingerprint density at radius 1 is 0.857 bits per heavy atom. The Labute approximate surface area is 168 Å². The van der Waals surface area contributed by atoms with Crippen molar-refractivity contribution in [1.82, 2.24) is 0 Å². The molecule has 0 unspecified atom stereocenters. The summed E-state index contributed by atoms with van der Waals surface area (Å²) in [7, 11) is -2.50. The molecule has 0 aliphatic carbocycles. The summed E-state index contributed by atoms with van der Waals surface area (Å²) in [6, 6.07) is 29.4. The third-order valence-corrected chi connectivity index (χ3v) is 9.49. The van der Waals surface area contributed by atoms with E-state index < -0.39 is 14.2 Å². The molecule has 4 heteroatoms. The topological polar surface area (TPSA) is 52.3 Å². The largest absolute Gasteiger partial charge is 0.404 e. The number of nitrogens with two attached hydrogens (primary N) is 1. The lowest BCUT2D eigenvalue weighted by molar-refractivity contribution is 0.0997. The predicted octanol–water partition coefficient (Wildman–Crippen LogP) is 3.72. The molecule has 0 saturated heterocycles. The molecule has 3 aromatic rings. The normalized spacial score (nSPS) is 11.5. The van der Waals surface area contributed by atoms with Crippen LogP contribution < -0.4 is 16.1 Å². The first-order valence-corrected chi connectivity index (χ1v) is 11.8. The molecular weight excluding hydrogens is 362 g/mol. The van der Waals surface area contributed by atoms with E-state index in [0.29, 0.717) is 18.1 Å². The summed E-state index contributed by atoms with van der Waals surface area (Å²) in [5.41, 5.74) is 6.93. The van der Waals surface area contributed by atoms with Crippen LogP contribution in [0.2, 0.25) is 6.04 Å². The molecule has 0 atom stereocenters. The Morgan fingerprint density at radius 2 is 1.36 bits per heavy atom. The fraction of sp³-hybridized carbons (Fsp3) is 0.208. The van der Waals surface area contributed by atoms with Gasteiger partial charge in [-0.05, 0) is 34.0 Å². The second-order valence-electron chi connectivity index (χ2n) is 7.47. The fourth-order valence-corrected chi connectivity index (χ4v) is 7.97. The summed E-state index contributed by atoms with van der Waals surface area (Å²) < 4.78 is 6.82. The van der Waals surface area contributed by atoms with Gasteiger partial charge in [-0.3, -0.25) is 4.79 Å². The third kappa shape index (κ3) is 4.41. The third-order valence-electron chi connectivity index (χ3n) is 4.93. The van der Waals surface area contributed by atoms with Crippen LogP contribution in [0, 0.1) is 5.92 Å². The molecule has 28 heavy (non-hydrogen) atoms. The zero-order chi connectivity index (χ0) is 20.0. The van der Waals surface area contributed by atoms with Gasteiger partial charge in [0.1, 0.15) is 0 Å². The lowest BCUT2D eigenvalue weighted by Gasteiger charge is -2.34. The monoisotopic (exact) mass is 389 g/mol. The summed E-state index contributed by atoms with van der Waals surface area (Å²) in [5.74, 6) is 0.0493. The minimum Gasteiger partial charge on any atom is -0.404 e. The smallest absolute Gasteiger partial charge is 0.256 e. The van der Waals surface area contributed by atoms with Gasteiger partial charge < -0.3 is 10.2 Å². The van der Waals surface area contributed by atoms with Crippen molar-refractivity contribution in [3.63, 3.8) is 0 Å². The molecule has 0 aliphatic rings. The Morgan fingerprint density at radius 3 is 1.86 bits per heavy atom. The molecule has 0 heterocycles. The van der Waals surface area contributed by atoms with Crippen LogP contribution in [0.25, 0.3) is 0 Å². The molecule has 3 aromatic carbocycles. The maximum absolute atomic E-state index is 11.8. The number of hydrogen-bond acceptors (Lipinski definition) is 2. The minimum atomic E-state index is -2.50. The van der Waals surface area contributed by atoms with Crippen molar-refractivity contribution in [3.05, 3.63) is 96.1 Å². The highest BCUT2D eigenvalue weighted by Gasteiger charge is 2.40. The van der Waals surface area contributed by atoms with Crippen molar-refractivity contribution in [2.75, 3.05) is 0 Å². The quantitative estimate of drug-likeness (QED) is 0.597. The van der Waals surface area contributed by atoms with E-state index in [-0.39, 0.29) is 0 Å². The Kier molecular flexibility index (Phi) is 6.44. The molecule has 0 bridgehead atoms. The molecule has 0 aromatic heterocycles. The zero-order valence-corrected chi connectivity index (χ0v) is 17.5. The Balaban J connectivity index is 2.07. The van der Waals surface area contributed by atoms with Crippen LogP contribution in [0.1, 0.15) is 29.8 Å². The van der Waals surface area contributed by atoms with Crippen molar-refractivity contribution in [2.24, 2.45) is 11.7 Å². The van der Waals surface area contributed by atoms with E-state index in [2.05, 4.69) is 62.4 Å². The standard InChI is InChI=1S/C24H27NO2Si/c1-19(2)18-28(21-12-5-3-6-13-21,22-14-7-4-8-15-22)27-17-20-11-9-10-16-23(20)24(25)26/h3-16,19H,17-18H2,1-2H3,(H2,25,26). The van der Waals surface area contributed by atoms with Gasteiger partial charge in [-0.2, -0.15) is 0 Å². The van der Waals surface area contributed by atoms with Crippen molar-refractivity contribution in [3.8, 4) is 0 Å². The van der Waals surface area contributed by atoms with E-state index in [0.717, 1.165) is 11.6 Å². The first kappa shape index (κ1) is 20.1. The van der Waals surface area contributed by atoms with E-state index in [1.807, 2.05) is 30.3 Å². The molecule has 0 saturated carbocycles. The van der Waals surface area contributed by atoms with E-state index >= 15 is 0 Å². The van der Waals surface area contributed by atoms with Gasteiger partial charge in [0.05, 0.1) is 6.61 Å². The van der Waals surface area contributed by atoms with Crippen LogP contribution in [0.4, 0.5) is 0 Å². The maximum atomic E-state index is 11.8. The van der Waals surface area contributed by atoms with Gasteiger partial charge >= 0.3 is 0 Å². The van der Waals surface area contributed by atoms with Crippen LogP contribution in [0.15, 0.2) is 84.9 Å². The van der Waals surface area contributed by atoms with E-state index in [1.54, 1.807) is 6.07 Å². The summed E-state index contributed by atoms with van der Waals surface area (Å²) in [6.07, 6.45) is 0. The lowest BCUT2D eigenvalue weighted by atomic mass is 10.1. The molecular formula is C24H27NO2Si. The van der Waals surface area contributed by atoms with Gasteiger partial charge in [-0.25, -0.2) is 0 Å². The van der Waals surface area contributed by atoms with Gasteiger partial charge in [0.25, 0.3) is 8.32 Å². The molecule has 3 rings (SSSR count). The molecule has 0 fully saturated rings. The molecule has 0 radical (unpaired) electrons. The number of carbonyl (C=O) groups is 1. The van der Waals surface area contributed by atoms with Crippen LogP contribution in [-0.4, -0.2) is 14.2 Å². The van der Waals surface area contributed by atoms with E-state index in [1.165, 1.54) is 10.4 Å². The second-order valence-corrected chi connectivity index (χ2v) is 11.0. The molecule has 2 N–H and O–H groups in total. The summed E-state index contributed by atoms with van der Waals surface area (Å²) in [5, 5.41) is 2.48. The zero-order valence-electron chi connectivity index (χ0n) is 16.5. The number of hydrogen-bond donors (Lipinski definition) is 1. The van der Waals surface area contributed by atoms with Gasteiger partial charge in [-0.1, -0.05) is 92.7 Å². The van der Waals surface area contributed by atoms with Crippen molar-refractivity contribution in [1.29, 1.82) is 0 Å². The van der Waals surface area contributed by atoms with Crippen molar-refractivity contribution >= 4 is 24.6 Å². The summed E-state index contributed by atoms with van der Waals surface area (Å²) >= 11 is 0. The van der Waals surface area contributed by atoms with Crippen molar-refractivity contribution in [2.45, 2.75) is 26.5 Å². The minimum absolute atomic E-state index is 0.363. The fourth-order valence-electron chi connectivity index (χ4n) is 3.71. The Bertz CT molecular complexity index is 871. The first-order chi connectivity index (χ1) is 13.5. The van der Waals surface area contributed by atoms with Crippen molar-refractivity contribution < 1.29 is 9.22 Å². The van der Waals surface area contributed by atoms with Gasteiger partial charge in [0, 0.05) is 5.56 Å². The molecule has 1 amide bonds.